The minimum Gasteiger partial charge on any atom is -0.497 e. The molecule has 6 heteroatoms. The van der Waals surface area contributed by atoms with Crippen LogP contribution in [0.25, 0.3) is 5.69 Å². The van der Waals surface area contributed by atoms with Gasteiger partial charge in [-0.1, -0.05) is 42.4 Å². The molecule has 0 aliphatic carbocycles. The summed E-state index contributed by atoms with van der Waals surface area (Å²) in [5.41, 5.74) is 2.08. The molecular weight excluding hydrogens is 290 g/mol. The maximum Gasteiger partial charge on any atom is 0.248 e. The van der Waals surface area contributed by atoms with E-state index in [0.717, 1.165) is 23.4 Å². The Morgan fingerprint density at radius 2 is 1.83 bits per heavy atom. The number of tetrazole rings is 1. The summed E-state index contributed by atoms with van der Waals surface area (Å²) >= 11 is 0. The van der Waals surface area contributed by atoms with Crippen molar-refractivity contribution in [3.8, 4) is 11.4 Å². The van der Waals surface area contributed by atoms with Crippen molar-refractivity contribution in [3.05, 3.63) is 60.2 Å². The lowest BCUT2D eigenvalue weighted by molar-refractivity contribution is 0.414. The average Bonchev–Trinajstić information content (AvgIpc) is 3.09. The molecule has 0 radical (unpaired) electrons. The van der Waals surface area contributed by atoms with Crippen molar-refractivity contribution < 1.29 is 4.74 Å². The van der Waals surface area contributed by atoms with E-state index in [1.807, 2.05) is 42.5 Å². The third-order valence-electron chi connectivity index (χ3n) is 3.70. The molecule has 3 rings (SSSR count). The number of nitrogens with one attached hydrogen (secondary N) is 1. The summed E-state index contributed by atoms with van der Waals surface area (Å²) in [6.45, 7) is 2.12. The molecule has 0 saturated carbocycles. The average molecular weight is 309 g/mol. The van der Waals surface area contributed by atoms with Crippen LogP contribution < -0.4 is 10.1 Å². The first-order chi connectivity index (χ1) is 11.3. The summed E-state index contributed by atoms with van der Waals surface area (Å²) in [4.78, 5) is 0. The number of para-hydroxylation sites is 1. The third kappa shape index (κ3) is 3.31. The Kier molecular flexibility index (Phi) is 4.52. The quantitative estimate of drug-likeness (QED) is 0.757. The number of hydrogen-bond donors (Lipinski definition) is 1. The van der Waals surface area contributed by atoms with Crippen molar-refractivity contribution >= 4 is 5.95 Å². The Bertz CT molecular complexity index is 739. The fraction of sp³-hybridized carbons (Fsp3) is 0.235. The van der Waals surface area contributed by atoms with Crippen molar-refractivity contribution in [2.75, 3.05) is 12.4 Å². The van der Waals surface area contributed by atoms with Crippen molar-refractivity contribution in [3.63, 3.8) is 0 Å². The summed E-state index contributed by atoms with van der Waals surface area (Å²) in [7, 11) is 1.67. The van der Waals surface area contributed by atoms with E-state index in [0.29, 0.717) is 5.95 Å². The molecule has 0 spiro atoms. The van der Waals surface area contributed by atoms with E-state index < -0.39 is 0 Å². The number of ether oxygens (including phenoxy) is 1. The van der Waals surface area contributed by atoms with Gasteiger partial charge in [-0.3, -0.25) is 0 Å². The minimum atomic E-state index is 0.120. The van der Waals surface area contributed by atoms with Crippen LogP contribution in [0.4, 0.5) is 5.95 Å². The van der Waals surface area contributed by atoms with Crippen LogP contribution in [0.5, 0.6) is 5.75 Å². The van der Waals surface area contributed by atoms with Crippen LogP contribution >= 0.6 is 0 Å². The van der Waals surface area contributed by atoms with Crippen molar-refractivity contribution in [1.29, 1.82) is 0 Å². The van der Waals surface area contributed by atoms with Gasteiger partial charge in [-0.25, -0.2) is 0 Å². The predicted molar refractivity (Wildman–Crippen MR) is 88.8 cm³/mol. The van der Waals surface area contributed by atoms with E-state index >= 15 is 0 Å². The Morgan fingerprint density at radius 1 is 1.09 bits per heavy atom. The maximum absolute atomic E-state index is 5.21. The zero-order valence-electron chi connectivity index (χ0n) is 13.2. The van der Waals surface area contributed by atoms with Gasteiger partial charge >= 0.3 is 0 Å². The fourth-order valence-corrected chi connectivity index (χ4v) is 2.43. The van der Waals surface area contributed by atoms with Gasteiger partial charge in [-0.15, -0.1) is 0 Å². The number of aromatic nitrogens is 4. The molecule has 0 aliphatic heterocycles. The molecule has 0 bridgehead atoms. The molecule has 0 saturated heterocycles. The number of nitrogens with zero attached hydrogens (tertiary/aromatic N) is 4. The Balaban J connectivity index is 1.84. The molecule has 1 N–H and O–H groups in total. The first-order valence-electron chi connectivity index (χ1n) is 7.56. The highest BCUT2D eigenvalue weighted by atomic mass is 16.5. The van der Waals surface area contributed by atoms with Crippen molar-refractivity contribution in [2.45, 2.75) is 19.4 Å². The van der Waals surface area contributed by atoms with E-state index in [-0.39, 0.29) is 6.04 Å². The molecule has 0 unspecified atom stereocenters. The van der Waals surface area contributed by atoms with E-state index in [4.69, 9.17) is 4.74 Å². The van der Waals surface area contributed by atoms with E-state index in [1.165, 1.54) is 0 Å². The second-order valence-corrected chi connectivity index (χ2v) is 5.13. The number of methoxy groups -OCH3 is 1. The summed E-state index contributed by atoms with van der Waals surface area (Å²) in [5, 5.41) is 15.4. The molecule has 0 aliphatic rings. The second kappa shape index (κ2) is 6.91. The van der Waals surface area contributed by atoms with Gasteiger partial charge in [0.05, 0.1) is 18.8 Å². The van der Waals surface area contributed by atoms with E-state index in [2.05, 4.69) is 39.9 Å². The Morgan fingerprint density at radius 3 is 2.48 bits per heavy atom. The third-order valence-corrected chi connectivity index (χ3v) is 3.70. The normalized spacial score (nSPS) is 11.9. The summed E-state index contributed by atoms with van der Waals surface area (Å²) in [5.74, 6) is 1.47. The Labute approximate surface area is 135 Å². The van der Waals surface area contributed by atoms with Gasteiger partial charge in [0.15, 0.2) is 0 Å². The lowest BCUT2D eigenvalue weighted by Crippen LogP contribution is -2.14. The van der Waals surface area contributed by atoms with Gasteiger partial charge in [-0.05, 0) is 46.7 Å². The number of hydrogen-bond acceptors (Lipinski definition) is 5. The highest BCUT2D eigenvalue weighted by Gasteiger charge is 2.14. The van der Waals surface area contributed by atoms with Crippen LogP contribution in [-0.2, 0) is 0 Å². The summed E-state index contributed by atoms with van der Waals surface area (Å²) in [6.07, 6.45) is 0.911. The standard InChI is InChI=1S/C17H19N5O/c1-3-16(13-9-11-15(23-2)12-10-13)18-17-19-20-21-22(17)14-7-5-4-6-8-14/h4-12,16H,3H2,1-2H3,(H,18,19,21)/t16-/m0/s1. The van der Waals surface area contributed by atoms with Crippen LogP contribution in [0.2, 0.25) is 0 Å². The summed E-state index contributed by atoms with van der Waals surface area (Å²) < 4.78 is 6.91. The Hall–Kier alpha value is -2.89. The van der Waals surface area contributed by atoms with E-state index in [9.17, 15) is 0 Å². The van der Waals surface area contributed by atoms with Gasteiger partial charge in [0, 0.05) is 0 Å². The number of benzene rings is 2. The SMILES string of the molecule is CC[C@H](Nc1nnnn1-c1ccccc1)c1ccc(OC)cc1. The van der Waals surface area contributed by atoms with Crippen LogP contribution in [-0.4, -0.2) is 27.3 Å². The van der Waals surface area contributed by atoms with Crippen LogP contribution in [0, 0.1) is 0 Å². The molecule has 2 aromatic carbocycles. The number of anilines is 1. The number of rotatable bonds is 6. The van der Waals surface area contributed by atoms with Gasteiger partial charge < -0.3 is 10.1 Å². The van der Waals surface area contributed by atoms with Crippen LogP contribution in [0.3, 0.4) is 0 Å². The molecule has 6 nitrogen and oxygen atoms in total. The smallest absolute Gasteiger partial charge is 0.248 e. The second-order valence-electron chi connectivity index (χ2n) is 5.13. The zero-order chi connectivity index (χ0) is 16.1. The molecule has 1 aromatic heterocycles. The highest BCUT2D eigenvalue weighted by Crippen LogP contribution is 2.24. The topological polar surface area (TPSA) is 64.9 Å². The van der Waals surface area contributed by atoms with Gasteiger partial charge in [0.2, 0.25) is 5.95 Å². The largest absolute Gasteiger partial charge is 0.497 e. The lowest BCUT2D eigenvalue weighted by Gasteiger charge is -2.18. The van der Waals surface area contributed by atoms with E-state index in [1.54, 1.807) is 11.8 Å². The first kappa shape index (κ1) is 15.0. The molecule has 118 valence electrons. The summed E-state index contributed by atoms with van der Waals surface area (Å²) in [6, 6.07) is 18.0. The zero-order valence-corrected chi connectivity index (χ0v) is 13.2. The monoisotopic (exact) mass is 309 g/mol. The van der Waals surface area contributed by atoms with Crippen molar-refractivity contribution in [1.82, 2.24) is 20.2 Å². The predicted octanol–water partition coefficient (Wildman–Crippen LogP) is 3.23. The molecule has 1 heterocycles. The lowest BCUT2D eigenvalue weighted by atomic mass is 10.0. The first-order valence-corrected chi connectivity index (χ1v) is 7.56. The molecule has 0 fully saturated rings. The van der Waals surface area contributed by atoms with Gasteiger partial charge in [0.25, 0.3) is 0 Å². The highest BCUT2D eigenvalue weighted by molar-refractivity contribution is 5.41. The van der Waals surface area contributed by atoms with Gasteiger partial charge in [-0.2, -0.15) is 4.68 Å². The minimum absolute atomic E-state index is 0.120. The molecule has 0 amide bonds. The molecule has 3 aromatic rings. The van der Waals surface area contributed by atoms with Crippen LogP contribution in [0.1, 0.15) is 24.9 Å². The van der Waals surface area contributed by atoms with Crippen molar-refractivity contribution in [2.24, 2.45) is 0 Å². The van der Waals surface area contributed by atoms with Crippen LogP contribution in [0.15, 0.2) is 54.6 Å². The molecule has 23 heavy (non-hydrogen) atoms. The molecule has 1 atom stereocenters. The maximum atomic E-state index is 5.21. The van der Waals surface area contributed by atoms with Gasteiger partial charge in [0.1, 0.15) is 5.75 Å². The fourth-order valence-electron chi connectivity index (χ4n) is 2.43. The molecular formula is C17H19N5O.